The Morgan fingerprint density at radius 3 is 3.04 bits per heavy atom. The lowest BCUT2D eigenvalue weighted by atomic mass is 10.2. The first-order valence-corrected chi connectivity index (χ1v) is 8.27. The third kappa shape index (κ3) is 3.32. The molecule has 130 valence electrons. The molecule has 0 radical (unpaired) electrons. The molecule has 0 saturated heterocycles. The van der Waals surface area contributed by atoms with Crippen LogP contribution in [-0.2, 0) is 18.3 Å². The summed E-state index contributed by atoms with van der Waals surface area (Å²) in [5.74, 6) is 0.805. The van der Waals surface area contributed by atoms with Crippen LogP contribution in [0.5, 0.6) is 0 Å². The highest BCUT2D eigenvalue weighted by Crippen LogP contribution is 2.20. The lowest BCUT2D eigenvalue weighted by molar-refractivity contribution is -0.116. The summed E-state index contributed by atoms with van der Waals surface area (Å²) >= 11 is 0. The Morgan fingerprint density at radius 2 is 2.19 bits per heavy atom. The van der Waals surface area contributed by atoms with Crippen molar-refractivity contribution in [2.45, 2.75) is 12.8 Å². The fourth-order valence-electron chi connectivity index (χ4n) is 2.75. The SMILES string of the molecule is Cn1ccc2ccc(NC(=O)CCc3nc(-c4cccnc4)no3)cc21. The zero-order chi connectivity index (χ0) is 17.9. The number of anilines is 1. The van der Waals surface area contributed by atoms with Crippen LogP contribution in [0.3, 0.4) is 0 Å². The molecule has 0 bridgehead atoms. The van der Waals surface area contributed by atoms with Gasteiger partial charge in [0.2, 0.25) is 17.6 Å². The number of nitrogens with one attached hydrogen (secondary N) is 1. The topological polar surface area (TPSA) is 85.8 Å². The van der Waals surface area contributed by atoms with Gasteiger partial charge >= 0.3 is 0 Å². The predicted octanol–water partition coefficient (Wildman–Crippen LogP) is 3.19. The fourth-order valence-corrected chi connectivity index (χ4v) is 2.75. The molecule has 0 aliphatic rings. The Labute approximate surface area is 149 Å². The van der Waals surface area contributed by atoms with Crippen LogP contribution in [0.25, 0.3) is 22.3 Å². The van der Waals surface area contributed by atoms with Crippen molar-refractivity contribution in [1.82, 2.24) is 19.7 Å². The Hall–Kier alpha value is -3.48. The molecule has 0 atom stereocenters. The molecule has 1 N–H and O–H groups in total. The summed E-state index contributed by atoms with van der Waals surface area (Å²) in [5.41, 5.74) is 2.62. The number of aromatic nitrogens is 4. The zero-order valence-corrected chi connectivity index (χ0v) is 14.2. The summed E-state index contributed by atoms with van der Waals surface area (Å²) in [4.78, 5) is 20.5. The number of fused-ring (bicyclic) bond motifs is 1. The van der Waals surface area contributed by atoms with Gasteiger partial charge in [-0.05, 0) is 35.7 Å². The van der Waals surface area contributed by atoms with E-state index in [9.17, 15) is 4.79 Å². The smallest absolute Gasteiger partial charge is 0.227 e. The van der Waals surface area contributed by atoms with Crippen LogP contribution in [-0.4, -0.2) is 25.6 Å². The zero-order valence-electron chi connectivity index (χ0n) is 14.2. The molecule has 3 heterocycles. The van der Waals surface area contributed by atoms with E-state index in [4.69, 9.17) is 4.52 Å². The maximum atomic E-state index is 12.2. The highest BCUT2D eigenvalue weighted by molar-refractivity contribution is 5.93. The second-order valence-electron chi connectivity index (χ2n) is 6.00. The van der Waals surface area contributed by atoms with Gasteiger partial charge in [0.25, 0.3) is 0 Å². The van der Waals surface area contributed by atoms with Crippen LogP contribution in [0.15, 0.2) is 59.5 Å². The molecule has 0 aliphatic heterocycles. The largest absolute Gasteiger partial charge is 0.350 e. The molecular weight excluding hydrogens is 330 g/mol. The van der Waals surface area contributed by atoms with Gasteiger partial charge in [0.15, 0.2) is 0 Å². The molecule has 3 aromatic heterocycles. The van der Waals surface area contributed by atoms with E-state index >= 15 is 0 Å². The van der Waals surface area contributed by atoms with Gasteiger partial charge in [0.1, 0.15) is 0 Å². The average Bonchev–Trinajstić information content (AvgIpc) is 3.28. The van der Waals surface area contributed by atoms with Crippen molar-refractivity contribution >= 4 is 22.5 Å². The van der Waals surface area contributed by atoms with Crippen LogP contribution in [0.2, 0.25) is 0 Å². The first-order valence-electron chi connectivity index (χ1n) is 8.27. The molecule has 1 aromatic carbocycles. The number of carbonyl (C=O) groups is 1. The third-order valence-electron chi connectivity index (χ3n) is 4.13. The minimum absolute atomic E-state index is 0.0975. The van der Waals surface area contributed by atoms with Gasteiger partial charge in [-0.15, -0.1) is 0 Å². The number of carbonyl (C=O) groups excluding carboxylic acids is 1. The molecule has 0 saturated carbocycles. The Bertz CT molecular complexity index is 1050. The van der Waals surface area contributed by atoms with E-state index in [-0.39, 0.29) is 12.3 Å². The number of rotatable bonds is 5. The maximum absolute atomic E-state index is 12.2. The molecule has 4 rings (SSSR count). The van der Waals surface area contributed by atoms with E-state index in [1.165, 1.54) is 0 Å². The van der Waals surface area contributed by atoms with Crippen LogP contribution < -0.4 is 5.32 Å². The first kappa shape index (κ1) is 16.0. The highest BCUT2D eigenvalue weighted by Gasteiger charge is 2.11. The summed E-state index contributed by atoms with van der Waals surface area (Å²) < 4.78 is 7.23. The number of pyridine rings is 1. The van der Waals surface area contributed by atoms with Crippen molar-refractivity contribution in [2.24, 2.45) is 7.05 Å². The van der Waals surface area contributed by atoms with Gasteiger partial charge in [-0.1, -0.05) is 11.2 Å². The summed E-state index contributed by atoms with van der Waals surface area (Å²) in [6.45, 7) is 0. The monoisotopic (exact) mass is 347 g/mol. The van der Waals surface area contributed by atoms with Gasteiger partial charge < -0.3 is 14.4 Å². The molecule has 7 nitrogen and oxygen atoms in total. The van der Waals surface area contributed by atoms with Crippen LogP contribution >= 0.6 is 0 Å². The summed E-state index contributed by atoms with van der Waals surface area (Å²) in [6, 6.07) is 11.5. The second kappa shape index (κ2) is 6.79. The van der Waals surface area contributed by atoms with Gasteiger partial charge in [-0.2, -0.15) is 4.98 Å². The van der Waals surface area contributed by atoms with E-state index < -0.39 is 0 Å². The molecule has 4 aromatic rings. The van der Waals surface area contributed by atoms with E-state index in [2.05, 4.69) is 20.4 Å². The average molecular weight is 347 g/mol. The Kier molecular flexibility index (Phi) is 4.18. The van der Waals surface area contributed by atoms with Crippen molar-refractivity contribution in [3.05, 3.63) is 60.9 Å². The number of hydrogen-bond donors (Lipinski definition) is 1. The summed E-state index contributed by atoms with van der Waals surface area (Å²) in [6.07, 6.45) is 5.99. The molecule has 26 heavy (non-hydrogen) atoms. The lowest BCUT2D eigenvalue weighted by Crippen LogP contribution is -2.12. The second-order valence-corrected chi connectivity index (χ2v) is 6.00. The molecule has 0 unspecified atom stereocenters. The normalized spacial score (nSPS) is 11.0. The van der Waals surface area contributed by atoms with Gasteiger partial charge in [0, 0.05) is 55.2 Å². The third-order valence-corrected chi connectivity index (χ3v) is 4.13. The molecule has 0 aliphatic carbocycles. The van der Waals surface area contributed by atoms with Crippen LogP contribution in [0.4, 0.5) is 5.69 Å². The number of amides is 1. The van der Waals surface area contributed by atoms with Crippen LogP contribution in [0.1, 0.15) is 12.3 Å². The van der Waals surface area contributed by atoms with Crippen molar-refractivity contribution in [2.75, 3.05) is 5.32 Å². The van der Waals surface area contributed by atoms with E-state index in [1.807, 2.05) is 54.2 Å². The fraction of sp³-hybridized carbons (Fsp3) is 0.158. The highest BCUT2D eigenvalue weighted by atomic mass is 16.5. The van der Waals surface area contributed by atoms with E-state index in [0.29, 0.717) is 18.1 Å². The molecule has 7 heteroatoms. The minimum atomic E-state index is -0.0975. The maximum Gasteiger partial charge on any atom is 0.227 e. The van der Waals surface area contributed by atoms with Gasteiger partial charge in [0.05, 0.1) is 0 Å². The molecule has 0 fully saturated rings. The van der Waals surface area contributed by atoms with Crippen molar-refractivity contribution in [1.29, 1.82) is 0 Å². The summed E-state index contributed by atoms with van der Waals surface area (Å²) in [7, 11) is 1.98. The van der Waals surface area contributed by atoms with E-state index in [1.54, 1.807) is 12.4 Å². The molecule has 0 spiro atoms. The Morgan fingerprint density at radius 1 is 1.27 bits per heavy atom. The summed E-state index contributed by atoms with van der Waals surface area (Å²) in [5, 5.41) is 7.97. The number of aryl methyl sites for hydroxylation is 2. The minimum Gasteiger partial charge on any atom is -0.350 e. The van der Waals surface area contributed by atoms with Crippen molar-refractivity contribution < 1.29 is 9.32 Å². The number of hydrogen-bond acceptors (Lipinski definition) is 5. The molecular formula is C19H17N5O2. The number of nitrogens with zero attached hydrogens (tertiary/aromatic N) is 4. The quantitative estimate of drug-likeness (QED) is 0.599. The molecule has 1 amide bonds. The van der Waals surface area contributed by atoms with Crippen molar-refractivity contribution in [3.8, 4) is 11.4 Å². The Balaban J connectivity index is 1.38. The van der Waals surface area contributed by atoms with Crippen molar-refractivity contribution in [3.63, 3.8) is 0 Å². The van der Waals surface area contributed by atoms with Gasteiger partial charge in [-0.25, -0.2) is 0 Å². The lowest BCUT2D eigenvalue weighted by Gasteiger charge is -2.05. The van der Waals surface area contributed by atoms with Gasteiger partial charge in [-0.3, -0.25) is 9.78 Å². The van der Waals surface area contributed by atoms with E-state index in [0.717, 1.165) is 22.2 Å². The predicted molar refractivity (Wildman–Crippen MR) is 97.4 cm³/mol. The number of benzene rings is 1. The first-order chi connectivity index (χ1) is 12.7. The standard InChI is InChI=1S/C19H17N5O2/c1-24-10-8-13-4-5-15(11-16(13)24)21-17(25)6-7-18-22-19(23-26-18)14-3-2-9-20-12-14/h2-5,8-12H,6-7H2,1H3,(H,21,25). The van der Waals surface area contributed by atoms with Crippen LogP contribution in [0, 0.1) is 0 Å².